The van der Waals surface area contributed by atoms with Crippen molar-refractivity contribution >= 4 is 32.6 Å². The van der Waals surface area contributed by atoms with Gasteiger partial charge in [-0.25, -0.2) is 0 Å². The Morgan fingerprint density at radius 2 is 2.17 bits per heavy atom. The Labute approximate surface area is 78.5 Å². The molecule has 0 aliphatic heterocycles. The molecule has 1 heterocycles. The number of hydrogen-bond donors (Lipinski definition) is 1. The summed E-state index contributed by atoms with van der Waals surface area (Å²) in [4.78, 5) is 0. The van der Waals surface area contributed by atoms with E-state index in [1.807, 2.05) is 19.1 Å². The Hall–Kier alpha value is -0.960. The van der Waals surface area contributed by atoms with Gasteiger partial charge in [0, 0.05) is 9.86 Å². The van der Waals surface area contributed by atoms with E-state index in [4.69, 9.17) is 10.2 Å². The average molecular weight is 226 g/mol. The fourth-order valence-electron chi connectivity index (χ4n) is 1.25. The molecule has 0 saturated carbocycles. The minimum Gasteiger partial charge on any atom is -0.462 e. The van der Waals surface area contributed by atoms with Gasteiger partial charge in [0.1, 0.15) is 0 Å². The SMILES string of the molecule is Cc1coc2c(N)cc(Br)cc12. The number of anilines is 1. The molecule has 1 aromatic heterocycles. The van der Waals surface area contributed by atoms with E-state index in [1.165, 1.54) is 0 Å². The molecule has 1 aromatic carbocycles. The van der Waals surface area contributed by atoms with Crippen molar-refractivity contribution in [2.45, 2.75) is 6.92 Å². The molecule has 2 aromatic rings. The standard InChI is InChI=1S/C9H8BrNO/c1-5-4-12-9-7(5)2-6(10)3-8(9)11/h2-4H,11H2,1H3. The summed E-state index contributed by atoms with van der Waals surface area (Å²) in [5, 5.41) is 1.07. The van der Waals surface area contributed by atoms with Crippen molar-refractivity contribution in [2.75, 3.05) is 5.73 Å². The third-order valence-electron chi connectivity index (χ3n) is 1.86. The van der Waals surface area contributed by atoms with E-state index in [0.29, 0.717) is 5.69 Å². The number of hydrogen-bond acceptors (Lipinski definition) is 2. The summed E-state index contributed by atoms with van der Waals surface area (Å²) in [5.41, 5.74) is 8.30. The summed E-state index contributed by atoms with van der Waals surface area (Å²) >= 11 is 3.38. The van der Waals surface area contributed by atoms with Gasteiger partial charge in [-0.3, -0.25) is 0 Å². The normalized spacial score (nSPS) is 10.8. The first-order valence-electron chi connectivity index (χ1n) is 3.61. The van der Waals surface area contributed by atoms with Crippen molar-refractivity contribution in [3.05, 3.63) is 28.4 Å². The van der Waals surface area contributed by atoms with Gasteiger partial charge in [0.15, 0.2) is 5.58 Å². The van der Waals surface area contributed by atoms with Gasteiger partial charge in [0.2, 0.25) is 0 Å². The summed E-state index contributed by atoms with van der Waals surface area (Å²) in [7, 11) is 0. The number of nitrogen functional groups attached to an aromatic ring is 1. The fourth-order valence-corrected chi connectivity index (χ4v) is 1.73. The summed E-state index contributed by atoms with van der Waals surface area (Å²) in [6.07, 6.45) is 1.72. The van der Waals surface area contributed by atoms with Gasteiger partial charge in [-0.2, -0.15) is 0 Å². The lowest BCUT2D eigenvalue weighted by atomic mass is 10.2. The van der Waals surface area contributed by atoms with Gasteiger partial charge in [0.25, 0.3) is 0 Å². The lowest BCUT2D eigenvalue weighted by molar-refractivity contribution is 0.614. The number of fused-ring (bicyclic) bond motifs is 1. The van der Waals surface area contributed by atoms with Crippen LogP contribution in [0, 0.1) is 6.92 Å². The lowest BCUT2D eigenvalue weighted by Gasteiger charge is -1.96. The molecule has 2 nitrogen and oxygen atoms in total. The Bertz CT molecular complexity index is 433. The van der Waals surface area contributed by atoms with E-state index in [9.17, 15) is 0 Å². The highest BCUT2D eigenvalue weighted by atomic mass is 79.9. The molecule has 0 amide bonds. The molecule has 2 N–H and O–H groups in total. The molecule has 0 saturated heterocycles. The van der Waals surface area contributed by atoms with E-state index in [1.54, 1.807) is 6.26 Å². The largest absolute Gasteiger partial charge is 0.462 e. The molecule has 62 valence electrons. The molecule has 0 aliphatic rings. The third kappa shape index (κ3) is 1.01. The van der Waals surface area contributed by atoms with Crippen LogP contribution in [0.15, 0.2) is 27.3 Å². The predicted octanol–water partition coefficient (Wildman–Crippen LogP) is 3.09. The summed E-state index contributed by atoms with van der Waals surface area (Å²) in [5.74, 6) is 0. The molecule has 0 aliphatic carbocycles. The van der Waals surface area contributed by atoms with Gasteiger partial charge in [-0.15, -0.1) is 0 Å². The maximum atomic E-state index is 5.75. The zero-order chi connectivity index (χ0) is 8.72. The van der Waals surface area contributed by atoms with Gasteiger partial charge in [-0.05, 0) is 24.6 Å². The molecule has 0 radical (unpaired) electrons. The Balaban J connectivity index is 2.92. The second kappa shape index (κ2) is 2.52. The molecule has 0 unspecified atom stereocenters. The highest BCUT2D eigenvalue weighted by molar-refractivity contribution is 9.10. The van der Waals surface area contributed by atoms with Crippen LogP contribution < -0.4 is 5.73 Å². The first kappa shape index (κ1) is 7.68. The number of benzene rings is 1. The van der Waals surface area contributed by atoms with Gasteiger partial charge < -0.3 is 10.2 Å². The van der Waals surface area contributed by atoms with Crippen molar-refractivity contribution in [3.8, 4) is 0 Å². The van der Waals surface area contributed by atoms with Crippen molar-refractivity contribution < 1.29 is 4.42 Å². The fraction of sp³-hybridized carbons (Fsp3) is 0.111. The number of aryl methyl sites for hydroxylation is 1. The molecule has 0 bridgehead atoms. The van der Waals surface area contributed by atoms with Crippen molar-refractivity contribution in [2.24, 2.45) is 0 Å². The maximum absolute atomic E-state index is 5.75. The van der Waals surface area contributed by atoms with E-state index >= 15 is 0 Å². The molecule has 12 heavy (non-hydrogen) atoms. The van der Waals surface area contributed by atoms with Crippen molar-refractivity contribution in [1.82, 2.24) is 0 Å². The number of rotatable bonds is 0. The van der Waals surface area contributed by atoms with Crippen LogP contribution in [0.5, 0.6) is 0 Å². The molecular formula is C9H8BrNO. The highest BCUT2D eigenvalue weighted by Crippen LogP contribution is 2.29. The lowest BCUT2D eigenvalue weighted by Crippen LogP contribution is -1.84. The van der Waals surface area contributed by atoms with Crippen LogP contribution in [0.25, 0.3) is 11.0 Å². The smallest absolute Gasteiger partial charge is 0.157 e. The summed E-state index contributed by atoms with van der Waals surface area (Å²) in [6, 6.07) is 3.84. The number of nitrogens with two attached hydrogens (primary N) is 1. The van der Waals surface area contributed by atoms with E-state index < -0.39 is 0 Å². The van der Waals surface area contributed by atoms with Gasteiger partial charge >= 0.3 is 0 Å². The molecule has 3 heteroatoms. The Morgan fingerprint density at radius 1 is 1.42 bits per heavy atom. The summed E-state index contributed by atoms with van der Waals surface area (Å²) < 4.78 is 6.27. The van der Waals surface area contributed by atoms with Crippen LogP contribution in [-0.4, -0.2) is 0 Å². The zero-order valence-electron chi connectivity index (χ0n) is 6.60. The predicted molar refractivity (Wildman–Crippen MR) is 53.1 cm³/mol. The molecular weight excluding hydrogens is 218 g/mol. The van der Waals surface area contributed by atoms with Crippen LogP contribution in [0.3, 0.4) is 0 Å². The maximum Gasteiger partial charge on any atom is 0.157 e. The Kier molecular flexibility index (Phi) is 1.61. The highest BCUT2D eigenvalue weighted by Gasteiger charge is 2.05. The molecule has 0 fully saturated rings. The van der Waals surface area contributed by atoms with Crippen molar-refractivity contribution in [3.63, 3.8) is 0 Å². The quantitative estimate of drug-likeness (QED) is 0.701. The third-order valence-corrected chi connectivity index (χ3v) is 2.32. The van der Waals surface area contributed by atoms with E-state index in [2.05, 4.69) is 15.9 Å². The topological polar surface area (TPSA) is 39.2 Å². The zero-order valence-corrected chi connectivity index (χ0v) is 8.18. The van der Waals surface area contributed by atoms with Crippen LogP contribution in [-0.2, 0) is 0 Å². The van der Waals surface area contributed by atoms with E-state index in [0.717, 1.165) is 21.0 Å². The van der Waals surface area contributed by atoms with Crippen LogP contribution in [0.4, 0.5) is 5.69 Å². The van der Waals surface area contributed by atoms with E-state index in [-0.39, 0.29) is 0 Å². The molecule has 0 spiro atoms. The van der Waals surface area contributed by atoms with Gasteiger partial charge in [0.05, 0.1) is 12.0 Å². The Morgan fingerprint density at radius 3 is 2.92 bits per heavy atom. The minimum atomic E-state index is 0.674. The second-order valence-corrected chi connectivity index (χ2v) is 3.71. The first-order chi connectivity index (χ1) is 5.68. The summed E-state index contributed by atoms with van der Waals surface area (Å²) in [6.45, 7) is 2.00. The number of halogens is 1. The van der Waals surface area contributed by atoms with Crippen molar-refractivity contribution in [1.29, 1.82) is 0 Å². The first-order valence-corrected chi connectivity index (χ1v) is 4.40. The van der Waals surface area contributed by atoms with Crippen LogP contribution in [0.1, 0.15) is 5.56 Å². The van der Waals surface area contributed by atoms with Gasteiger partial charge in [-0.1, -0.05) is 15.9 Å². The monoisotopic (exact) mass is 225 g/mol. The minimum absolute atomic E-state index is 0.674. The second-order valence-electron chi connectivity index (χ2n) is 2.79. The molecule has 0 atom stereocenters. The molecule has 2 rings (SSSR count). The van der Waals surface area contributed by atoms with Crippen LogP contribution >= 0.6 is 15.9 Å². The number of furan rings is 1. The van der Waals surface area contributed by atoms with Crippen LogP contribution in [0.2, 0.25) is 0 Å². The average Bonchev–Trinajstić information content (AvgIpc) is 2.33.